The molecule has 1 unspecified atom stereocenters. The highest BCUT2D eigenvalue weighted by atomic mass is 79.9. The molecule has 0 saturated carbocycles. The zero-order chi connectivity index (χ0) is 14.7. The molecule has 7 heteroatoms. The predicted molar refractivity (Wildman–Crippen MR) is 78.8 cm³/mol. The van der Waals surface area contributed by atoms with Gasteiger partial charge in [0.2, 0.25) is 0 Å². The van der Waals surface area contributed by atoms with Gasteiger partial charge in [-0.15, -0.1) is 11.3 Å². The molecule has 0 bridgehead atoms. The monoisotopic (exact) mass is 359 g/mol. The Balaban J connectivity index is 2.06. The van der Waals surface area contributed by atoms with Crippen molar-refractivity contribution in [3.8, 4) is 0 Å². The Hall–Kier alpha value is -1.47. The summed E-state index contributed by atoms with van der Waals surface area (Å²) in [7, 11) is 1.28. The van der Waals surface area contributed by atoms with Crippen molar-refractivity contribution < 1.29 is 18.7 Å². The van der Waals surface area contributed by atoms with E-state index in [-0.39, 0.29) is 18.3 Å². The lowest BCUT2D eigenvalue weighted by atomic mass is 10.2. The summed E-state index contributed by atoms with van der Waals surface area (Å²) < 4.78 is 18.3. The number of esters is 1. The lowest BCUT2D eigenvalue weighted by Gasteiger charge is -2.08. The van der Waals surface area contributed by atoms with Crippen LogP contribution in [0.1, 0.15) is 9.67 Å². The molecular weight excluding hydrogens is 349 g/mol. The van der Waals surface area contributed by atoms with Crippen LogP contribution in [-0.4, -0.2) is 30.4 Å². The van der Waals surface area contributed by atoms with Crippen molar-refractivity contribution in [3.05, 3.63) is 35.0 Å². The lowest BCUT2D eigenvalue weighted by molar-refractivity contribution is -0.139. The molecule has 1 atom stereocenters. The van der Waals surface area contributed by atoms with Crippen molar-refractivity contribution in [1.82, 2.24) is 5.32 Å². The van der Waals surface area contributed by atoms with E-state index in [2.05, 4.69) is 26.0 Å². The van der Waals surface area contributed by atoms with Crippen LogP contribution < -0.4 is 5.32 Å². The van der Waals surface area contributed by atoms with Crippen LogP contribution in [0.5, 0.6) is 0 Å². The highest BCUT2D eigenvalue weighted by Gasteiger charge is 2.17. The standard InChI is InChI=1S/C13H11BrFNO3S/c1-19-13(18)9(14)6-16-12(17)11-4-7-2-3-8(15)5-10(7)20-11/h2-5,9H,6H2,1H3,(H,16,17). The van der Waals surface area contributed by atoms with E-state index in [0.29, 0.717) is 9.58 Å². The fourth-order valence-electron chi connectivity index (χ4n) is 1.60. The highest BCUT2D eigenvalue weighted by molar-refractivity contribution is 9.10. The minimum absolute atomic E-state index is 0.119. The van der Waals surface area contributed by atoms with Gasteiger partial charge in [0.1, 0.15) is 10.6 Å². The zero-order valence-corrected chi connectivity index (χ0v) is 12.9. The van der Waals surface area contributed by atoms with Gasteiger partial charge in [-0.1, -0.05) is 22.0 Å². The molecule has 106 valence electrons. The van der Waals surface area contributed by atoms with Crippen LogP contribution in [0.3, 0.4) is 0 Å². The van der Waals surface area contributed by atoms with Gasteiger partial charge in [-0.2, -0.15) is 0 Å². The lowest BCUT2D eigenvalue weighted by Crippen LogP contribution is -2.33. The minimum Gasteiger partial charge on any atom is -0.468 e. The number of methoxy groups -OCH3 is 1. The molecule has 1 heterocycles. The van der Waals surface area contributed by atoms with Crippen molar-refractivity contribution in [3.63, 3.8) is 0 Å². The largest absolute Gasteiger partial charge is 0.468 e. The van der Waals surface area contributed by atoms with Crippen LogP contribution in [0.4, 0.5) is 4.39 Å². The van der Waals surface area contributed by atoms with Gasteiger partial charge in [-0.3, -0.25) is 9.59 Å². The number of fused-ring (bicyclic) bond motifs is 1. The number of nitrogens with one attached hydrogen (secondary N) is 1. The number of carbonyl (C=O) groups is 2. The third-order valence-electron chi connectivity index (χ3n) is 2.60. The maximum Gasteiger partial charge on any atom is 0.321 e. The first-order valence-electron chi connectivity index (χ1n) is 5.70. The van der Waals surface area contributed by atoms with Crippen LogP contribution in [0.25, 0.3) is 10.1 Å². The Kier molecular flexibility index (Phi) is 4.72. The number of alkyl halides is 1. The van der Waals surface area contributed by atoms with E-state index in [1.54, 1.807) is 12.1 Å². The van der Waals surface area contributed by atoms with E-state index in [0.717, 1.165) is 5.39 Å². The van der Waals surface area contributed by atoms with Gasteiger partial charge >= 0.3 is 5.97 Å². The van der Waals surface area contributed by atoms with Crippen molar-refractivity contribution in [2.45, 2.75) is 4.83 Å². The fourth-order valence-corrected chi connectivity index (χ4v) is 2.95. The third-order valence-corrected chi connectivity index (χ3v) is 4.40. The summed E-state index contributed by atoms with van der Waals surface area (Å²) in [5.74, 6) is -1.10. The molecule has 0 saturated heterocycles. The molecule has 4 nitrogen and oxygen atoms in total. The van der Waals surface area contributed by atoms with E-state index >= 15 is 0 Å². The number of carbonyl (C=O) groups excluding carboxylic acids is 2. The maximum atomic E-state index is 13.1. The summed E-state index contributed by atoms with van der Waals surface area (Å²) in [5.41, 5.74) is 0. The number of ether oxygens (including phenoxy) is 1. The number of rotatable bonds is 4. The number of hydrogen-bond acceptors (Lipinski definition) is 4. The van der Waals surface area contributed by atoms with Gasteiger partial charge in [0.25, 0.3) is 5.91 Å². The van der Waals surface area contributed by atoms with Crippen molar-refractivity contribution >= 4 is 49.2 Å². The molecule has 0 spiro atoms. The van der Waals surface area contributed by atoms with Gasteiger partial charge in [0.15, 0.2) is 0 Å². The zero-order valence-electron chi connectivity index (χ0n) is 10.5. The SMILES string of the molecule is COC(=O)C(Br)CNC(=O)c1cc2ccc(F)cc2s1. The number of thiophene rings is 1. The molecule has 1 N–H and O–H groups in total. The van der Waals surface area contributed by atoms with E-state index in [4.69, 9.17) is 0 Å². The molecule has 0 aliphatic heterocycles. The molecule has 2 aromatic rings. The first kappa shape index (κ1) is 14.9. The number of benzene rings is 1. The number of halogens is 2. The Labute approximate surface area is 127 Å². The molecule has 20 heavy (non-hydrogen) atoms. The van der Waals surface area contributed by atoms with Crippen LogP contribution >= 0.6 is 27.3 Å². The molecule has 0 aliphatic carbocycles. The first-order chi connectivity index (χ1) is 9.51. The first-order valence-corrected chi connectivity index (χ1v) is 7.43. The van der Waals surface area contributed by atoms with Crippen LogP contribution in [0.2, 0.25) is 0 Å². The second kappa shape index (κ2) is 6.32. The van der Waals surface area contributed by atoms with Gasteiger partial charge < -0.3 is 10.1 Å². The van der Waals surface area contributed by atoms with Crippen molar-refractivity contribution in [1.29, 1.82) is 0 Å². The Morgan fingerprint density at radius 2 is 2.20 bits per heavy atom. The molecule has 2 rings (SSSR count). The molecule has 0 fully saturated rings. The molecule has 0 aliphatic rings. The predicted octanol–water partition coefficient (Wildman–Crippen LogP) is 2.71. The van der Waals surface area contributed by atoms with Gasteiger partial charge in [-0.05, 0) is 23.6 Å². The average molecular weight is 360 g/mol. The van der Waals surface area contributed by atoms with E-state index in [1.165, 1.54) is 30.6 Å². The number of amides is 1. The summed E-state index contributed by atoms with van der Waals surface area (Å²) in [4.78, 5) is 23.0. The highest BCUT2D eigenvalue weighted by Crippen LogP contribution is 2.26. The van der Waals surface area contributed by atoms with Crippen molar-refractivity contribution in [2.75, 3.05) is 13.7 Å². The van der Waals surface area contributed by atoms with Crippen LogP contribution in [0, 0.1) is 5.82 Å². The summed E-state index contributed by atoms with van der Waals surface area (Å²) in [6, 6.07) is 6.05. The Bertz CT molecular complexity index is 658. The van der Waals surface area contributed by atoms with E-state index < -0.39 is 10.8 Å². The molecular formula is C13H11BrFNO3S. The Morgan fingerprint density at radius 3 is 2.90 bits per heavy atom. The quantitative estimate of drug-likeness (QED) is 0.674. The maximum absolute atomic E-state index is 13.1. The minimum atomic E-state index is -0.594. The second-order valence-electron chi connectivity index (χ2n) is 3.99. The molecule has 0 radical (unpaired) electrons. The van der Waals surface area contributed by atoms with Crippen LogP contribution in [0.15, 0.2) is 24.3 Å². The summed E-state index contributed by atoms with van der Waals surface area (Å²) >= 11 is 4.32. The Morgan fingerprint density at radius 1 is 1.45 bits per heavy atom. The fraction of sp³-hybridized carbons (Fsp3) is 0.231. The van der Waals surface area contributed by atoms with Gasteiger partial charge in [0, 0.05) is 11.2 Å². The van der Waals surface area contributed by atoms with Gasteiger partial charge in [-0.25, -0.2) is 4.39 Å². The third kappa shape index (κ3) is 3.34. The molecule has 1 amide bonds. The summed E-state index contributed by atoms with van der Waals surface area (Å²) in [6.45, 7) is 0.119. The smallest absolute Gasteiger partial charge is 0.321 e. The van der Waals surface area contributed by atoms with Crippen molar-refractivity contribution in [2.24, 2.45) is 0 Å². The average Bonchev–Trinajstić information content (AvgIpc) is 2.86. The number of hydrogen-bond donors (Lipinski definition) is 1. The van der Waals surface area contributed by atoms with E-state index in [1.807, 2.05) is 0 Å². The van der Waals surface area contributed by atoms with E-state index in [9.17, 15) is 14.0 Å². The summed E-state index contributed by atoms with van der Waals surface area (Å²) in [5, 5.41) is 3.43. The van der Waals surface area contributed by atoms with Crippen LogP contribution in [-0.2, 0) is 9.53 Å². The topological polar surface area (TPSA) is 55.4 Å². The molecule has 1 aromatic heterocycles. The second-order valence-corrected chi connectivity index (χ2v) is 6.18. The van der Waals surface area contributed by atoms with Gasteiger partial charge in [0.05, 0.1) is 12.0 Å². The summed E-state index contributed by atoms with van der Waals surface area (Å²) in [6.07, 6.45) is 0. The molecule has 1 aromatic carbocycles. The normalized spacial score (nSPS) is 12.2.